The number of allylic oxidation sites excluding steroid dienone is 1. The highest BCUT2D eigenvalue weighted by molar-refractivity contribution is 6.05. The molecule has 3 rings (SSSR count). The van der Waals surface area contributed by atoms with Gasteiger partial charge >= 0.3 is 0 Å². The standard InChI is InChI=1S/C19H19NO5/c1-4-5-12-8-13(9-17(22-2)18(12)23-3)19(21)20-14-6-7-15-16(10-14)25-11-24-15/h4-10H,11H2,1-3H3,(H,20,21). The molecular formula is C19H19NO5. The molecule has 0 unspecified atom stereocenters. The van der Waals surface area contributed by atoms with Gasteiger partial charge in [0.25, 0.3) is 5.91 Å². The van der Waals surface area contributed by atoms with Crippen LogP contribution in [0.1, 0.15) is 22.8 Å². The molecule has 1 heterocycles. The van der Waals surface area contributed by atoms with Gasteiger partial charge in [0.05, 0.1) is 14.2 Å². The van der Waals surface area contributed by atoms with Crippen LogP contribution >= 0.6 is 0 Å². The van der Waals surface area contributed by atoms with Gasteiger partial charge < -0.3 is 24.3 Å². The molecule has 1 N–H and O–H groups in total. The van der Waals surface area contributed by atoms with Crippen molar-refractivity contribution in [3.8, 4) is 23.0 Å². The summed E-state index contributed by atoms with van der Waals surface area (Å²) < 4.78 is 21.3. The Balaban J connectivity index is 1.90. The number of carbonyl (C=O) groups excluding carboxylic acids is 1. The fourth-order valence-electron chi connectivity index (χ4n) is 2.61. The normalized spacial score (nSPS) is 12.3. The molecule has 25 heavy (non-hydrogen) atoms. The highest BCUT2D eigenvalue weighted by Gasteiger charge is 2.17. The van der Waals surface area contributed by atoms with Crippen molar-refractivity contribution < 1.29 is 23.7 Å². The zero-order chi connectivity index (χ0) is 17.8. The number of amides is 1. The molecule has 2 aromatic rings. The summed E-state index contributed by atoms with van der Waals surface area (Å²) in [6.45, 7) is 2.08. The fourth-order valence-corrected chi connectivity index (χ4v) is 2.61. The summed E-state index contributed by atoms with van der Waals surface area (Å²) in [5, 5.41) is 2.85. The van der Waals surface area contributed by atoms with Gasteiger partial charge in [-0.15, -0.1) is 0 Å². The SMILES string of the molecule is CC=Cc1cc(C(=O)Nc2ccc3c(c2)OCO3)cc(OC)c1OC. The lowest BCUT2D eigenvalue weighted by atomic mass is 10.1. The van der Waals surface area contributed by atoms with Gasteiger partial charge in [-0.3, -0.25) is 4.79 Å². The predicted molar refractivity (Wildman–Crippen MR) is 94.8 cm³/mol. The molecule has 6 heteroatoms. The van der Waals surface area contributed by atoms with Crippen LogP contribution in [0, 0.1) is 0 Å². The number of carbonyl (C=O) groups is 1. The van der Waals surface area contributed by atoms with Crippen molar-refractivity contribution in [3.63, 3.8) is 0 Å². The molecule has 130 valence electrons. The van der Waals surface area contributed by atoms with Crippen LogP contribution in [0.3, 0.4) is 0 Å². The number of fused-ring (bicyclic) bond motifs is 1. The van der Waals surface area contributed by atoms with Crippen LogP contribution in [0.15, 0.2) is 36.4 Å². The Hall–Kier alpha value is -3.15. The summed E-state index contributed by atoms with van der Waals surface area (Å²) >= 11 is 0. The maximum absolute atomic E-state index is 12.6. The zero-order valence-electron chi connectivity index (χ0n) is 14.3. The first kappa shape index (κ1) is 16.7. The molecule has 0 saturated carbocycles. The summed E-state index contributed by atoms with van der Waals surface area (Å²) in [6.07, 6.45) is 3.73. The van der Waals surface area contributed by atoms with Crippen molar-refractivity contribution in [3.05, 3.63) is 47.5 Å². The monoisotopic (exact) mass is 341 g/mol. The van der Waals surface area contributed by atoms with E-state index in [-0.39, 0.29) is 12.7 Å². The number of hydrogen-bond donors (Lipinski definition) is 1. The molecule has 0 aliphatic carbocycles. The number of nitrogens with one attached hydrogen (secondary N) is 1. The number of ether oxygens (including phenoxy) is 4. The maximum atomic E-state index is 12.6. The average molecular weight is 341 g/mol. The molecule has 1 amide bonds. The quantitative estimate of drug-likeness (QED) is 0.898. The first-order valence-corrected chi connectivity index (χ1v) is 7.76. The number of anilines is 1. The number of hydrogen-bond acceptors (Lipinski definition) is 5. The van der Waals surface area contributed by atoms with Crippen molar-refractivity contribution in [1.82, 2.24) is 0 Å². The zero-order valence-corrected chi connectivity index (χ0v) is 14.3. The molecule has 2 aromatic carbocycles. The van der Waals surface area contributed by atoms with E-state index in [0.29, 0.717) is 34.2 Å². The molecule has 6 nitrogen and oxygen atoms in total. The van der Waals surface area contributed by atoms with Gasteiger partial charge in [-0.25, -0.2) is 0 Å². The summed E-state index contributed by atoms with van der Waals surface area (Å²) in [7, 11) is 3.11. The lowest BCUT2D eigenvalue weighted by Crippen LogP contribution is -2.12. The highest BCUT2D eigenvalue weighted by Crippen LogP contribution is 2.36. The molecule has 0 fully saturated rings. The van der Waals surface area contributed by atoms with E-state index in [1.807, 2.05) is 19.1 Å². The summed E-state index contributed by atoms with van der Waals surface area (Å²) in [5.74, 6) is 2.10. The van der Waals surface area contributed by atoms with E-state index in [1.165, 1.54) is 7.11 Å². The topological polar surface area (TPSA) is 66.0 Å². The van der Waals surface area contributed by atoms with Crippen LogP contribution in [0.5, 0.6) is 23.0 Å². The molecule has 0 atom stereocenters. The third-order valence-corrected chi connectivity index (χ3v) is 3.75. The lowest BCUT2D eigenvalue weighted by Gasteiger charge is -2.13. The van der Waals surface area contributed by atoms with E-state index in [4.69, 9.17) is 18.9 Å². The van der Waals surface area contributed by atoms with Crippen molar-refractivity contribution in [2.45, 2.75) is 6.92 Å². The van der Waals surface area contributed by atoms with E-state index < -0.39 is 0 Å². The smallest absolute Gasteiger partial charge is 0.255 e. The predicted octanol–water partition coefficient (Wildman–Crippen LogP) is 3.72. The summed E-state index contributed by atoms with van der Waals surface area (Å²) in [6, 6.07) is 8.66. The molecule has 0 aromatic heterocycles. The molecule has 0 bridgehead atoms. The van der Waals surface area contributed by atoms with Crippen LogP contribution in [0.4, 0.5) is 5.69 Å². The minimum atomic E-state index is -0.259. The average Bonchev–Trinajstić information content (AvgIpc) is 3.09. The number of rotatable bonds is 5. The summed E-state index contributed by atoms with van der Waals surface area (Å²) in [4.78, 5) is 12.6. The maximum Gasteiger partial charge on any atom is 0.255 e. The van der Waals surface area contributed by atoms with E-state index in [2.05, 4.69) is 5.32 Å². The second-order valence-corrected chi connectivity index (χ2v) is 5.32. The van der Waals surface area contributed by atoms with Gasteiger partial charge in [-0.1, -0.05) is 12.2 Å². The summed E-state index contributed by atoms with van der Waals surface area (Å²) in [5.41, 5.74) is 1.85. The molecule has 1 aliphatic rings. The van der Waals surface area contributed by atoms with Crippen molar-refractivity contribution >= 4 is 17.7 Å². The Morgan fingerprint density at radius 3 is 2.64 bits per heavy atom. The molecular weight excluding hydrogens is 322 g/mol. The van der Waals surface area contributed by atoms with Gasteiger partial charge in [-0.2, -0.15) is 0 Å². The Morgan fingerprint density at radius 1 is 1.12 bits per heavy atom. The highest BCUT2D eigenvalue weighted by atomic mass is 16.7. The second-order valence-electron chi connectivity index (χ2n) is 5.32. The third-order valence-electron chi connectivity index (χ3n) is 3.75. The molecule has 0 radical (unpaired) electrons. The van der Waals surface area contributed by atoms with Gasteiger partial charge in [0.2, 0.25) is 6.79 Å². The van der Waals surface area contributed by atoms with Crippen molar-refractivity contribution in [2.75, 3.05) is 26.3 Å². The largest absolute Gasteiger partial charge is 0.493 e. The molecule has 0 spiro atoms. The Bertz CT molecular complexity index is 829. The first-order chi connectivity index (χ1) is 12.2. The van der Waals surface area contributed by atoms with Crippen LogP contribution in [-0.2, 0) is 0 Å². The third kappa shape index (κ3) is 3.38. The number of methoxy groups -OCH3 is 2. The fraction of sp³-hybridized carbons (Fsp3) is 0.211. The van der Waals surface area contributed by atoms with E-state index >= 15 is 0 Å². The first-order valence-electron chi connectivity index (χ1n) is 7.76. The Morgan fingerprint density at radius 2 is 1.92 bits per heavy atom. The Kier molecular flexibility index (Phi) is 4.79. The Labute approximate surface area is 146 Å². The van der Waals surface area contributed by atoms with Crippen LogP contribution in [0.2, 0.25) is 0 Å². The second kappa shape index (κ2) is 7.17. The van der Waals surface area contributed by atoms with E-state index in [0.717, 1.165) is 5.56 Å². The minimum absolute atomic E-state index is 0.190. The van der Waals surface area contributed by atoms with Gasteiger partial charge in [0.15, 0.2) is 23.0 Å². The van der Waals surface area contributed by atoms with Gasteiger partial charge in [0.1, 0.15) is 0 Å². The van der Waals surface area contributed by atoms with Crippen LogP contribution in [-0.4, -0.2) is 26.9 Å². The van der Waals surface area contributed by atoms with Crippen LogP contribution in [0.25, 0.3) is 6.08 Å². The number of benzene rings is 2. The van der Waals surface area contributed by atoms with Gasteiger partial charge in [0, 0.05) is 22.9 Å². The molecule has 0 saturated heterocycles. The van der Waals surface area contributed by atoms with Crippen molar-refractivity contribution in [1.29, 1.82) is 0 Å². The van der Waals surface area contributed by atoms with Crippen LogP contribution < -0.4 is 24.3 Å². The lowest BCUT2D eigenvalue weighted by molar-refractivity contribution is 0.102. The van der Waals surface area contributed by atoms with Gasteiger partial charge in [-0.05, 0) is 31.2 Å². The minimum Gasteiger partial charge on any atom is -0.493 e. The van der Waals surface area contributed by atoms with Crippen molar-refractivity contribution in [2.24, 2.45) is 0 Å². The molecule has 1 aliphatic heterocycles. The van der Waals surface area contributed by atoms with E-state index in [9.17, 15) is 4.79 Å². The van der Waals surface area contributed by atoms with E-state index in [1.54, 1.807) is 37.4 Å².